The number of hydrogen-bond acceptors (Lipinski definition) is 7. The minimum Gasteiger partial charge on any atom is -0.479 e. The molecule has 28 heavy (non-hydrogen) atoms. The fourth-order valence-corrected chi connectivity index (χ4v) is 4.17. The fraction of sp³-hybridized carbons (Fsp3) is 0.294. The van der Waals surface area contributed by atoms with Crippen LogP contribution in [-0.4, -0.2) is 52.3 Å². The molecule has 1 aliphatic heterocycles. The van der Waals surface area contributed by atoms with E-state index in [0.29, 0.717) is 21.8 Å². The molecule has 150 valence electrons. The third-order valence-corrected chi connectivity index (χ3v) is 5.25. The highest BCUT2D eigenvalue weighted by atomic mass is 79.9. The maximum absolute atomic E-state index is 12.6. The number of thioether (sulfide) groups is 1. The number of carbonyl (C=O) groups is 4. The lowest BCUT2D eigenvalue weighted by molar-refractivity contribution is -0.150. The van der Waals surface area contributed by atoms with E-state index < -0.39 is 35.7 Å². The van der Waals surface area contributed by atoms with Crippen molar-refractivity contribution in [1.82, 2.24) is 4.90 Å². The van der Waals surface area contributed by atoms with Gasteiger partial charge in [-0.25, -0.2) is 9.59 Å². The van der Waals surface area contributed by atoms with E-state index in [9.17, 15) is 19.2 Å². The number of hydrogen-bond donors (Lipinski definition) is 1. The average molecular weight is 493 g/mol. The minimum atomic E-state index is -1.16. The molecule has 0 bridgehead atoms. The summed E-state index contributed by atoms with van der Waals surface area (Å²) in [6.07, 6.45) is 1.44. The quantitative estimate of drug-likeness (QED) is 0.454. The largest absolute Gasteiger partial charge is 0.479 e. The molecule has 0 aliphatic carbocycles. The van der Waals surface area contributed by atoms with Crippen LogP contribution >= 0.6 is 39.3 Å². The van der Waals surface area contributed by atoms with Crippen LogP contribution in [0.25, 0.3) is 6.08 Å². The third-order valence-electron chi connectivity index (χ3n) is 3.50. The summed E-state index contributed by atoms with van der Waals surface area (Å²) in [7, 11) is 0. The maximum Gasteiger partial charge on any atom is 0.341 e. The van der Waals surface area contributed by atoms with Crippen molar-refractivity contribution in [2.24, 2.45) is 0 Å². The Hall–Kier alpha value is -2.04. The number of esters is 1. The van der Waals surface area contributed by atoms with Gasteiger partial charge in [0, 0.05) is 0 Å². The Labute approximate surface area is 177 Å². The highest BCUT2D eigenvalue weighted by molar-refractivity contribution is 9.10. The monoisotopic (exact) mass is 491 g/mol. The predicted octanol–water partition coefficient (Wildman–Crippen LogP) is 3.55. The Balaban J connectivity index is 2.26. The molecule has 1 atom stereocenters. The number of carboxylic acids is 1. The summed E-state index contributed by atoms with van der Waals surface area (Å²) in [6, 6.07) is 1.98. The van der Waals surface area contributed by atoms with Crippen molar-refractivity contribution in [2.75, 3.05) is 13.2 Å². The summed E-state index contributed by atoms with van der Waals surface area (Å²) in [4.78, 5) is 48.2. The Morgan fingerprint density at radius 3 is 2.64 bits per heavy atom. The van der Waals surface area contributed by atoms with Crippen LogP contribution in [0.3, 0.4) is 0 Å². The number of imide groups is 1. The van der Waals surface area contributed by atoms with Gasteiger partial charge in [0.2, 0.25) is 0 Å². The number of ether oxygens (including phenoxy) is 2. The smallest absolute Gasteiger partial charge is 0.341 e. The molecule has 1 heterocycles. The van der Waals surface area contributed by atoms with Crippen LogP contribution < -0.4 is 4.74 Å². The van der Waals surface area contributed by atoms with Gasteiger partial charge in [0.05, 0.1) is 21.0 Å². The Morgan fingerprint density at radius 1 is 1.39 bits per heavy atom. The number of carboxylic acid groups (broad SMARTS) is 1. The first-order valence-electron chi connectivity index (χ1n) is 7.93. The zero-order valence-corrected chi connectivity index (χ0v) is 17.9. The van der Waals surface area contributed by atoms with Crippen LogP contribution in [0.4, 0.5) is 4.79 Å². The summed E-state index contributed by atoms with van der Waals surface area (Å²) in [6.45, 7) is 2.61. The van der Waals surface area contributed by atoms with Gasteiger partial charge in [-0.1, -0.05) is 11.6 Å². The molecule has 0 aromatic heterocycles. The lowest BCUT2D eigenvalue weighted by Crippen LogP contribution is -2.42. The standard InChI is InChI=1S/C17H15BrClNO7S/c1-3-26-16(24)8(2)20-15(23)12(28-17(20)25)6-9-4-10(18)14(11(19)5-9)27-7-13(21)22/h4-6,8H,3,7H2,1-2H3,(H,21,22)/b12-6+. The van der Waals surface area contributed by atoms with Gasteiger partial charge in [-0.3, -0.25) is 14.5 Å². The molecular weight excluding hydrogens is 478 g/mol. The van der Waals surface area contributed by atoms with Crippen molar-refractivity contribution in [2.45, 2.75) is 19.9 Å². The number of rotatable bonds is 7. The summed E-state index contributed by atoms with van der Waals surface area (Å²) in [5, 5.41) is 8.24. The Bertz CT molecular complexity index is 850. The van der Waals surface area contributed by atoms with Crippen LogP contribution in [0.1, 0.15) is 19.4 Å². The van der Waals surface area contributed by atoms with Gasteiger partial charge in [-0.15, -0.1) is 0 Å². The van der Waals surface area contributed by atoms with Crippen molar-refractivity contribution in [3.8, 4) is 5.75 Å². The van der Waals surface area contributed by atoms with Crippen LogP contribution in [0.2, 0.25) is 5.02 Å². The lowest BCUT2D eigenvalue weighted by atomic mass is 10.2. The summed E-state index contributed by atoms with van der Waals surface area (Å²) in [5.41, 5.74) is 0.480. The van der Waals surface area contributed by atoms with Crippen LogP contribution in [0, 0.1) is 0 Å². The first-order chi connectivity index (χ1) is 13.1. The first kappa shape index (κ1) is 22.3. The number of halogens is 2. The van der Waals surface area contributed by atoms with Gasteiger partial charge in [-0.2, -0.15) is 0 Å². The van der Waals surface area contributed by atoms with Gasteiger partial charge < -0.3 is 14.6 Å². The lowest BCUT2D eigenvalue weighted by Gasteiger charge is -2.19. The molecule has 1 fully saturated rings. The zero-order valence-electron chi connectivity index (χ0n) is 14.7. The molecule has 0 spiro atoms. The first-order valence-corrected chi connectivity index (χ1v) is 9.91. The van der Waals surface area contributed by atoms with E-state index in [2.05, 4.69) is 15.9 Å². The number of carbonyl (C=O) groups excluding carboxylic acids is 3. The molecule has 1 N–H and O–H groups in total. The fourth-order valence-electron chi connectivity index (χ4n) is 2.27. The molecule has 2 amide bonds. The molecule has 1 saturated heterocycles. The third kappa shape index (κ3) is 5.06. The highest BCUT2D eigenvalue weighted by Gasteiger charge is 2.41. The highest BCUT2D eigenvalue weighted by Crippen LogP contribution is 2.38. The van der Waals surface area contributed by atoms with E-state index >= 15 is 0 Å². The number of nitrogens with zero attached hydrogens (tertiary/aromatic N) is 1. The molecule has 0 radical (unpaired) electrons. The summed E-state index contributed by atoms with van der Waals surface area (Å²) < 4.78 is 10.3. The SMILES string of the molecule is CCOC(=O)C(C)N1C(=O)S/C(=C/c2cc(Cl)c(OCC(=O)O)c(Br)c2)C1=O. The average Bonchev–Trinajstić information content (AvgIpc) is 2.87. The van der Waals surface area contributed by atoms with Crippen molar-refractivity contribution >= 4 is 68.5 Å². The number of benzene rings is 1. The van der Waals surface area contributed by atoms with Crippen LogP contribution in [0.5, 0.6) is 5.75 Å². The van der Waals surface area contributed by atoms with E-state index in [1.54, 1.807) is 13.0 Å². The summed E-state index contributed by atoms with van der Waals surface area (Å²) >= 11 is 10.0. The molecule has 1 aromatic rings. The van der Waals surface area contributed by atoms with Gasteiger partial charge >= 0.3 is 11.9 Å². The second-order valence-electron chi connectivity index (χ2n) is 5.48. The van der Waals surface area contributed by atoms with E-state index in [4.69, 9.17) is 26.2 Å². The molecule has 8 nitrogen and oxygen atoms in total. The second kappa shape index (κ2) is 9.44. The van der Waals surface area contributed by atoms with E-state index in [-0.39, 0.29) is 22.3 Å². The van der Waals surface area contributed by atoms with E-state index in [0.717, 1.165) is 4.90 Å². The van der Waals surface area contributed by atoms with Gasteiger partial charge in [0.15, 0.2) is 12.4 Å². The number of amides is 2. The van der Waals surface area contributed by atoms with Crippen molar-refractivity contribution in [3.05, 3.63) is 32.1 Å². The molecule has 1 aromatic carbocycles. The number of aliphatic carboxylic acids is 1. The molecule has 2 rings (SSSR count). The maximum atomic E-state index is 12.6. The van der Waals surface area contributed by atoms with Crippen LogP contribution in [-0.2, 0) is 19.1 Å². The molecule has 1 unspecified atom stereocenters. The minimum absolute atomic E-state index is 0.114. The van der Waals surface area contributed by atoms with Gasteiger partial charge in [0.25, 0.3) is 11.1 Å². The topological polar surface area (TPSA) is 110 Å². The molecule has 0 saturated carbocycles. The second-order valence-corrected chi connectivity index (χ2v) is 7.73. The summed E-state index contributed by atoms with van der Waals surface area (Å²) in [5.74, 6) is -2.30. The van der Waals surface area contributed by atoms with Crippen molar-refractivity contribution in [3.63, 3.8) is 0 Å². The van der Waals surface area contributed by atoms with Crippen molar-refractivity contribution in [1.29, 1.82) is 0 Å². The predicted molar refractivity (Wildman–Crippen MR) is 106 cm³/mol. The molecular formula is C17H15BrClNO7S. The van der Waals surface area contributed by atoms with Gasteiger partial charge in [-0.05, 0) is 65.3 Å². The van der Waals surface area contributed by atoms with Gasteiger partial charge in [0.1, 0.15) is 6.04 Å². The van der Waals surface area contributed by atoms with Crippen LogP contribution in [0.15, 0.2) is 21.5 Å². The van der Waals surface area contributed by atoms with E-state index in [1.807, 2.05) is 0 Å². The normalized spacial score (nSPS) is 16.4. The Morgan fingerprint density at radius 2 is 2.07 bits per heavy atom. The Kier molecular flexibility index (Phi) is 7.50. The zero-order chi connectivity index (χ0) is 21.0. The molecule has 11 heteroatoms. The van der Waals surface area contributed by atoms with E-state index in [1.165, 1.54) is 19.1 Å². The molecule has 1 aliphatic rings. The van der Waals surface area contributed by atoms with Crippen molar-refractivity contribution < 1.29 is 33.8 Å².